The van der Waals surface area contributed by atoms with Gasteiger partial charge < -0.3 is 15.4 Å². The van der Waals surface area contributed by atoms with E-state index in [0.29, 0.717) is 13.0 Å². The molecule has 0 aliphatic heterocycles. The monoisotopic (exact) mass is 284 g/mol. The Morgan fingerprint density at radius 2 is 1.85 bits per heavy atom. The van der Waals surface area contributed by atoms with E-state index >= 15 is 0 Å². The van der Waals surface area contributed by atoms with Crippen molar-refractivity contribution < 1.29 is 14.3 Å². The number of carbonyl (C=O) groups excluding carboxylic acids is 2. The van der Waals surface area contributed by atoms with Crippen molar-refractivity contribution in [2.45, 2.75) is 58.4 Å². The van der Waals surface area contributed by atoms with Gasteiger partial charge >= 0.3 is 5.97 Å². The maximum Gasteiger partial charge on any atom is 0.325 e. The van der Waals surface area contributed by atoms with E-state index < -0.39 is 0 Å². The summed E-state index contributed by atoms with van der Waals surface area (Å²) in [7, 11) is 1.34. The molecule has 1 fully saturated rings. The molecule has 0 spiro atoms. The Bertz CT molecular complexity index is 336. The quantitative estimate of drug-likeness (QED) is 0.753. The number of hydrogen-bond acceptors (Lipinski definition) is 4. The molecule has 20 heavy (non-hydrogen) atoms. The Hall–Kier alpha value is -1.10. The van der Waals surface area contributed by atoms with Crippen LogP contribution in [0.15, 0.2) is 0 Å². The van der Waals surface area contributed by atoms with Gasteiger partial charge in [-0.3, -0.25) is 9.59 Å². The molecule has 5 heteroatoms. The van der Waals surface area contributed by atoms with E-state index in [1.54, 1.807) is 4.90 Å². The number of nitrogens with two attached hydrogens (primary N) is 1. The number of methoxy groups -OCH3 is 1. The van der Waals surface area contributed by atoms with E-state index in [2.05, 4.69) is 4.74 Å². The number of nitrogens with zero attached hydrogens (tertiary/aromatic N) is 1. The fourth-order valence-corrected chi connectivity index (χ4v) is 2.94. The molecule has 5 nitrogen and oxygen atoms in total. The molecule has 116 valence electrons. The predicted molar refractivity (Wildman–Crippen MR) is 78.1 cm³/mol. The van der Waals surface area contributed by atoms with Gasteiger partial charge in [-0.1, -0.05) is 19.3 Å². The molecular formula is C15H28N2O3. The molecular weight excluding hydrogens is 256 g/mol. The number of amides is 1. The van der Waals surface area contributed by atoms with Crippen LogP contribution in [0.25, 0.3) is 0 Å². The van der Waals surface area contributed by atoms with Gasteiger partial charge in [0.05, 0.1) is 7.11 Å². The summed E-state index contributed by atoms with van der Waals surface area (Å²) in [6.07, 6.45) is 5.98. The zero-order valence-electron chi connectivity index (χ0n) is 13.0. The Kier molecular flexibility index (Phi) is 6.46. The molecule has 0 unspecified atom stereocenters. The van der Waals surface area contributed by atoms with Crippen molar-refractivity contribution in [2.24, 2.45) is 11.1 Å². The number of ether oxygens (including phenoxy) is 1. The van der Waals surface area contributed by atoms with Gasteiger partial charge in [0.1, 0.15) is 6.54 Å². The number of carbonyl (C=O) groups is 2. The van der Waals surface area contributed by atoms with Crippen molar-refractivity contribution in [3.05, 3.63) is 0 Å². The van der Waals surface area contributed by atoms with Gasteiger partial charge in [-0.15, -0.1) is 0 Å². The van der Waals surface area contributed by atoms with Gasteiger partial charge in [0.15, 0.2) is 0 Å². The predicted octanol–water partition coefficient (Wildman–Crippen LogP) is 1.70. The molecule has 0 radical (unpaired) electrons. The third-order valence-corrected chi connectivity index (χ3v) is 4.34. The van der Waals surface area contributed by atoms with E-state index in [1.807, 2.05) is 13.8 Å². The van der Waals surface area contributed by atoms with Crippen molar-refractivity contribution in [2.75, 3.05) is 20.2 Å². The Labute approximate surface area is 121 Å². The highest BCUT2D eigenvalue weighted by Crippen LogP contribution is 2.38. The highest BCUT2D eigenvalue weighted by atomic mass is 16.5. The highest BCUT2D eigenvalue weighted by Gasteiger charge is 2.35. The third kappa shape index (κ3) is 4.47. The molecule has 1 amide bonds. The summed E-state index contributed by atoms with van der Waals surface area (Å²) < 4.78 is 4.66. The minimum atomic E-state index is -0.377. The van der Waals surface area contributed by atoms with Crippen LogP contribution in [0, 0.1) is 5.41 Å². The van der Waals surface area contributed by atoms with E-state index in [4.69, 9.17) is 5.73 Å². The third-order valence-electron chi connectivity index (χ3n) is 4.34. The summed E-state index contributed by atoms with van der Waals surface area (Å²) in [5.74, 6) is -0.366. The number of hydrogen-bond donors (Lipinski definition) is 1. The Balaban J connectivity index is 2.71. The maximum absolute atomic E-state index is 12.5. The number of esters is 1. The average molecular weight is 284 g/mol. The lowest BCUT2D eigenvalue weighted by Crippen LogP contribution is -2.45. The summed E-state index contributed by atoms with van der Waals surface area (Å²) in [6, 6.07) is -0.0139. The minimum Gasteiger partial charge on any atom is -0.468 e. The van der Waals surface area contributed by atoms with Crippen molar-refractivity contribution in [3.63, 3.8) is 0 Å². The van der Waals surface area contributed by atoms with E-state index in [9.17, 15) is 9.59 Å². The van der Waals surface area contributed by atoms with Crippen LogP contribution in [0.4, 0.5) is 0 Å². The van der Waals surface area contributed by atoms with Crippen LogP contribution in [-0.4, -0.2) is 43.0 Å². The minimum absolute atomic E-state index is 0.0118. The molecule has 0 aromatic carbocycles. The normalized spacial score (nSPS) is 17.9. The van der Waals surface area contributed by atoms with Crippen molar-refractivity contribution in [3.8, 4) is 0 Å². The second-order valence-electron chi connectivity index (χ2n) is 6.13. The summed E-state index contributed by atoms with van der Waals surface area (Å²) in [4.78, 5) is 25.6. The van der Waals surface area contributed by atoms with E-state index in [-0.39, 0.29) is 29.9 Å². The Morgan fingerprint density at radius 1 is 1.25 bits per heavy atom. The van der Waals surface area contributed by atoms with Gasteiger partial charge in [-0.2, -0.15) is 0 Å². The summed E-state index contributed by atoms with van der Waals surface area (Å²) in [6.45, 7) is 4.39. The summed E-state index contributed by atoms with van der Waals surface area (Å²) >= 11 is 0. The maximum atomic E-state index is 12.5. The van der Waals surface area contributed by atoms with Crippen molar-refractivity contribution in [1.82, 2.24) is 4.90 Å². The van der Waals surface area contributed by atoms with Crippen LogP contribution in [0.5, 0.6) is 0 Å². The highest BCUT2D eigenvalue weighted by molar-refractivity contribution is 5.82. The smallest absolute Gasteiger partial charge is 0.325 e. The van der Waals surface area contributed by atoms with Crippen LogP contribution >= 0.6 is 0 Å². The second kappa shape index (κ2) is 7.62. The SMILES string of the molecule is COC(=O)CN(C(=O)CC1(CN)CCCCC1)C(C)C. The molecule has 1 aliphatic rings. The number of rotatable bonds is 6. The molecule has 0 aromatic rings. The molecule has 2 N–H and O–H groups in total. The second-order valence-corrected chi connectivity index (χ2v) is 6.13. The van der Waals surface area contributed by atoms with Crippen molar-refractivity contribution in [1.29, 1.82) is 0 Å². The summed E-state index contributed by atoms with van der Waals surface area (Å²) in [5, 5.41) is 0. The molecule has 0 heterocycles. The molecule has 1 rings (SSSR count). The first kappa shape index (κ1) is 17.0. The van der Waals surface area contributed by atoms with Crippen LogP contribution < -0.4 is 5.73 Å². The molecule has 1 saturated carbocycles. The lowest BCUT2D eigenvalue weighted by atomic mass is 9.71. The van der Waals surface area contributed by atoms with Gasteiger partial charge in [-0.05, 0) is 38.6 Å². The largest absolute Gasteiger partial charge is 0.468 e. The first-order chi connectivity index (χ1) is 9.44. The zero-order chi connectivity index (χ0) is 15.2. The first-order valence-electron chi connectivity index (χ1n) is 7.50. The van der Waals surface area contributed by atoms with Gasteiger partial charge in [0, 0.05) is 12.5 Å². The van der Waals surface area contributed by atoms with E-state index in [1.165, 1.54) is 13.5 Å². The fraction of sp³-hybridized carbons (Fsp3) is 0.867. The van der Waals surface area contributed by atoms with Crippen LogP contribution in [-0.2, 0) is 14.3 Å². The van der Waals surface area contributed by atoms with Crippen LogP contribution in [0.2, 0.25) is 0 Å². The van der Waals surface area contributed by atoms with Crippen LogP contribution in [0.1, 0.15) is 52.4 Å². The molecule has 1 aliphatic carbocycles. The lowest BCUT2D eigenvalue weighted by Gasteiger charge is -2.38. The van der Waals surface area contributed by atoms with Gasteiger partial charge in [0.25, 0.3) is 0 Å². The topological polar surface area (TPSA) is 72.6 Å². The first-order valence-corrected chi connectivity index (χ1v) is 7.50. The summed E-state index contributed by atoms with van der Waals surface area (Å²) in [5.41, 5.74) is 5.86. The Morgan fingerprint density at radius 3 is 2.30 bits per heavy atom. The van der Waals surface area contributed by atoms with E-state index in [0.717, 1.165) is 25.7 Å². The lowest BCUT2D eigenvalue weighted by molar-refractivity contribution is -0.149. The van der Waals surface area contributed by atoms with Crippen molar-refractivity contribution >= 4 is 11.9 Å². The molecule has 0 bridgehead atoms. The van der Waals surface area contributed by atoms with Crippen LogP contribution in [0.3, 0.4) is 0 Å². The van der Waals surface area contributed by atoms with Gasteiger partial charge in [-0.25, -0.2) is 0 Å². The average Bonchev–Trinajstić information content (AvgIpc) is 2.44. The molecule has 0 aromatic heterocycles. The fourth-order valence-electron chi connectivity index (χ4n) is 2.94. The standard InChI is InChI=1S/C15H28N2O3/c1-12(2)17(10-14(19)20-3)13(18)9-15(11-16)7-5-4-6-8-15/h12H,4-11,16H2,1-3H3. The molecule has 0 atom stereocenters. The van der Waals surface area contributed by atoms with Gasteiger partial charge in [0.2, 0.25) is 5.91 Å². The zero-order valence-corrected chi connectivity index (χ0v) is 13.0. The molecule has 0 saturated heterocycles.